The highest BCUT2D eigenvalue weighted by Crippen LogP contribution is 2.31. The Morgan fingerprint density at radius 3 is 2.62 bits per heavy atom. The van der Waals surface area contributed by atoms with Gasteiger partial charge in [0.05, 0.1) is 30.4 Å². The molecule has 10 nitrogen and oxygen atoms in total. The van der Waals surface area contributed by atoms with Crippen molar-refractivity contribution in [1.82, 2.24) is 19.9 Å². The third-order valence-electron chi connectivity index (χ3n) is 5.34. The Morgan fingerprint density at radius 2 is 2.00 bits per heavy atom. The SMILES string of the molecule is C[C@H](Nc1cc(-c2cnc(NC(=O)C3CC3)cn2)cnc1C#N)C(=O)N1CCO[C@H]1C(F)(F)F. The molecule has 2 aromatic heterocycles. The summed E-state index contributed by atoms with van der Waals surface area (Å²) >= 11 is 0. The third kappa shape index (κ3) is 5.07. The zero-order chi connectivity index (χ0) is 24.5. The van der Waals surface area contributed by atoms with Gasteiger partial charge in [0.15, 0.2) is 11.5 Å². The Bertz CT molecular complexity index is 1130. The number of pyridine rings is 1. The minimum Gasteiger partial charge on any atom is -0.372 e. The maximum Gasteiger partial charge on any atom is 0.433 e. The van der Waals surface area contributed by atoms with E-state index in [1.807, 2.05) is 6.07 Å². The maximum absolute atomic E-state index is 13.1. The molecule has 178 valence electrons. The van der Waals surface area contributed by atoms with Crippen LogP contribution in [0.15, 0.2) is 24.7 Å². The van der Waals surface area contributed by atoms with Gasteiger partial charge < -0.3 is 20.3 Å². The summed E-state index contributed by atoms with van der Waals surface area (Å²) in [6.45, 7) is 0.968. The Hall–Kier alpha value is -3.79. The minimum atomic E-state index is -4.71. The summed E-state index contributed by atoms with van der Waals surface area (Å²) in [4.78, 5) is 37.6. The van der Waals surface area contributed by atoms with E-state index in [1.165, 1.54) is 31.6 Å². The lowest BCUT2D eigenvalue weighted by molar-refractivity contribution is -0.238. The van der Waals surface area contributed by atoms with E-state index >= 15 is 0 Å². The number of aromatic nitrogens is 3. The van der Waals surface area contributed by atoms with Gasteiger partial charge >= 0.3 is 6.18 Å². The summed E-state index contributed by atoms with van der Waals surface area (Å²) in [5, 5.41) is 14.8. The molecular weight excluding hydrogens is 455 g/mol. The van der Waals surface area contributed by atoms with E-state index in [0.29, 0.717) is 22.0 Å². The average Bonchev–Trinajstić information content (AvgIpc) is 3.54. The summed E-state index contributed by atoms with van der Waals surface area (Å²) in [5.41, 5.74) is 0.937. The van der Waals surface area contributed by atoms with Gasteiger partial charge in [-0.1, -0.05) is 0 Å². The number of alkyl halides is 3. The van der Waals surface area contributed by atoms with E-state index in [0.717, 1.165) is 12.8 Å². The molecule has 1 aliphatic carbocycles. The molecule has 0 spiro atoms. The molecule has 2 aliphatic rings. The Kier molecular flexibility index (Phi) is 6.34. The zero-order valence-corrected chi connectivity index (χ0v) is 18.0. The molecule has 3 heterocycles. The summed E-state index contributed by atoms with van der Waals surface area (Å²) in [6, 6.07) is 2.29. The average molecular weight is 475 g/mol. The molecule has 2 N–H and O–H groups in total. The molecule has 1 aliphatic heterocycles. The molecule has 0 bridgehead atoms. The normalized spacial score (nSPS) is 18.8. The quantitative estimate of drug-likeness (QED) is 0.650. The van der Waals surface area contributed by atoms with Crippen LogP contribution in [-0.4, -0.2) is 63.3 Å². The second kappa shape index (κ2) is 9.22. The molecule has 1 saturated carbocycles. The van der Waals surface area contributed by atoms with Gasteiger partial charge in [0.25, 0.3) is 0 Å². The first kappa shape index (κ1) is 23.4. The number of hydrogen-bond acceptors (Lipinski definition) is 8. The van der Waals surface area contributed by atoms with Crippen molar-refractivity contribution in [3.8, 4) is 17.3 Å². The third-order valence-corrected chi connectivity index (χ3v) is 5.34. The fourth-order valence-corrected chi connectivity index (χ4v) is 3.43. The van der Waals surface area contributed by atoms with Gasteiger partial charge in [-0.3, -0.25) is 14.6 Å². The van der Waals surface area contributed by atoms with E-state index in [1.54, 1.807) is 0 Å². The number of nitriles is 1. The molecular formula is C21H20F3N7O3. The van der Waals surface area contributed by atoms with Gasteiger partial charge in [-0.15, -0.1) is 0 Å². The number of ether oxygens (including phenoxy) is 1. The van der Waals surface area contributed by atoms with E-state index in [2.05, 4.69) is 30.3 Å². The van der Waals surface area contributed by atoms with Crippen molar-refractivity contribution in [2.75, 3.05) is 23.8 Å². The number of nitrogens with one attached hydrogen (secondary N) is 2. The Labute approximate surface area is 192 Å². The highest BCUT2D eigenvalue weighted by molar-refractivity contribution is 5.93. The number of rotatable bonds is 6. The van der Waals surface area contributed by atoms with Gasteiger partial charge in [-0.25, -0.2) is 9.97 Å². The smallest absolute Gasteiger partial charge is 0.372 e. The first-order valence-corrected chi connectivity index (χ1v) is 10.5. The number of carbonyl (C=O) groups excluding carboxylic acids is 2. The molecule has 2 atom stereocenters. The second-order valence-corrected chi connectivity index (χ2v) is 7.94. The van der Waals surface area contributed by atoms with Crippen LogP contribution in [0.5, 0.6) is 0 Å². The molecule has 34 heavy (non-hydrogen) atoms. The van der Waals surface area contributed by atoms with E-state index in [9.17, 15) is 28.0 Å². The van der Waals surface area contributed by atoms with Gasteiger partial charge in [0.1, 0.15) is 12.1 Å². The number of anilines is 2. The summed E-state index contributed by atoms with van der Waals surface area (Å²) in [6.07, 6.45) is -1.13. The van der Waals surface area contributed by atoms with Crippen LogP contribution in [0.1, 0.15) is 25.5 Å². The van der Waals surface area contributed by atoms with Gasteiger partial charge in [-0.2, -0.15) is 18.4 Å². The lowest BCUT2D eigenvalue weighted by Gasteiger charge is -2.28. The van der Waals surface area contributed by atoms with Crippen LogP contribution in [0.4, 0.5) is 24.7 Å². The van der Waals surface area contributed by atoms with Crippen molar-refractivity contribution in [2.45, 2.75) is 38.2 Å². The number of nitrogens with zero attached hydrogens (tertiary/aromatic N) is 5. The molecule has 2 fully saturated rings. The predicted octanol–water partition coefficient (Wildman–Crippen LogP) is 2.31. The molecule has 13 heteroatoms. The van der Waals surface area contributed by atoms with Crippen molar-refractivity contribution < 1.29 is 27.5 Å². The summed E-state index contributed by atoms with van der Waals surface area (Å²) in [5.74, 6) is -0.624. The van der Waals surface area contributed by atoms with Crippen LogP contribution >= 0.6 is 0 Å². The van der Waals surface area contributed by atoms with Gasteiger partial charge in [0.2, 0.25) is 18.0 Å². The van der Waals surface area contributed by atoms with Crippen LogP contribution in [0, 0.1) is 17.2 Å². The van der Waals surface area contributed by atoms with Crippen LogP contribution in [0.3, 0.4) is 0 Å². The number of hydrogen-bond donors (Lipinski definition) is 2. The lowest BCUT2D eigenvalue weighted by atomic mass is 10.1. The Balaban J connectivity index is 1.49. The van der Waals surface area contributed by atoms with E-state index in [-0.39, 0.29) is 36.4 Å². The molecule has 0 aromatic carbocycles. The van der Waals surface area contributed by atoms with Crippen LogP contribution in [0.2, 0.25) is 0 Å². The predicted molar refractivity (Wildman–Crippen MR) is 112 cm³/mol. The largest absolute Gasteiger partial charge is 0.433 e. The van der Waals surface area contributed by atoms with Crippen molar-refractivity contribution in [3.05, 3.63) is 30.4 Å². The summed E-state index contributed by atoms with van der Waals surface area (Å²) < 4.78 is 44.1. The van der Waals surface area contributed by atoms with Crippen LogP contribution < -0.4 is 10.6 Å². The second-order valence-electron chi connectivity index (χ2n) is 7.94. The molecule has 4 rings (SSSR count). The maximum atomic E-state index is 13.1. The highest BCUT2D eigenvalue weighted by Gasteiger charge is 2.50. The fourth-order valence-electron chi connectivity index (χ4n) is 3.43. The minimum absolute atomic E-state index is 0.0149. The highest BCUT2D eigenvalue weighted by atomic mass is 19.4. The summed E-state index contributed by atoms with van der Waals surface area (Å²) in [7, 11) is 0. The molecule has 0 unspecified atom stereocenters. The van der Waals surface area contributed by atoms with Gasteiger partial charge in [-0.05, 0) is 25.8 Å². The van der Waals surface area contributed by atoms with Crippen molar-refractivity contribution in [2.24, 2.45) is 5.92 Å². The number of amides is 2. The van der Waals surface area contributed by atoms with E-state index < -0.39 is 24.4 Å². The lowest BCUT2D eigenvalue weighted by Crippen LogP contribution is -2.50. The van der Waals surface area contributed by atoms with Crippen molar-refractivity contribution >= 4 is 23.3 Å². The topological polar surface area (TPSA) is 133 Å². The molecule has 0 radical (unpaired) electrons. The van der Waals surface area contributed by atoms with Gasteiger partial charge in [0, 0.05) is 24.2 Å². The first-order valence-electron chi connectivity index (χ1n) is 10.5. The fraction of sp³-hybridized carbons (Fsp3) is 0.429. The Morgan fingerprint density at radius 1 is 1.24 bits per heavy atom. The zero-order valence-electron chi connectivity index (χ0n) is 18.0. The van der Waals surface area contributed by atoms with E-state index in [4.69, 9.17) is 0 Å². The number of carbonyl (C=O) groups is 2. The standard InChI is InChI=1S/C21H20F3N7O3/c1-11(19(33)31-4-5-34-20(31)21(22,23)24)29-14-6-13(8-26-15(14)7-25)16-9-28-17(10-27-16)30-18(32)12-2-3-12/h6,8-12,20,29H,2-5H2,1H3,(H,28,30,32)/t11-,20-/m0/s1. The van der Waals surface area contributed by atoms with Crippen molar-refractivity contribution in [3.63, 3.8) is 0 Å². The monoisotopic (exact) mass is 475 g/mol. The molecule has 2 amide bonds. The first-order chi connectivity index (χ1) is 16.2. The van der Waals surface area contributed by atoms with Crippen LogP contribution in [-0.2, 0) is 14.3 Å². The van der Waals surface area contributed by atoms with Crippen molar-refractivity contribution in [1.29, 1.82) is 5.26 Å². The number of halogens is 3. The van der Waals surface area contributed by atoms with Crippen LogP contribution in [0.25, 0.3) is 11.3 Å². The molecule has 2 aromatic rings. The molecule has 1 saturated heterocycles.